The van der Waals surface area contributed by atoms with Gasteiger partial charge in [0.2, 0.25) is 11.8 Å². The maximum Gasteiger partial charge on any atom is 0.258 e. The molecule has 270 valence electrons. The van der Waals surface area contributed by atoms with Crippen molar-refractivity contribution < 1.29 is 38.1 Å². The number of phenols is 1. The number of alkyl halides is 2. The molecule has 4 aromatic rings. The normalized spacial score (nSPS) is 27.6. The zero-order valence-electron chi connectivity index (χ0n) is 28.4. The molecule has 1 saturated carbocycles. The molecule has 8 rings (SSSR count). The highest BCUT2D eigenvalue weighted by Crippen LogP contribution is 2.67. The number of phenolic OH excluding ortho intramolecular Hbond substituents is 1. The van der Waals surface area contributed by atoms with Gasteiger partial charge in [-0.2, -0.15) is 0 Å². The number of hydrogen-bond donors (Lipinski definition) is 2. The SMILES string of the molecule is COc1cc(O)cc(OC)c1C1C2=CCC3C(=O)N(c4ccc(Nc5ccccc5)cc4)C(=O)C3C2CC2(Cl)C(=O)N(c3ccc(F)cc3)C(=O)C12Cl. The zero-order chi connectivity index (χ0) is 37.4. The summed E-state index contributed by atoms with van der Waals surface area (Å²) in [7, 11) is 2.73. The number of hydrogen-bond acceptors (Lipinski definition) is 8. The van der Waals surface area contributed by atoms with Gasteiger partial charge >= 0.3 is 0 Å². The zero-order valence-corrected chi connectivity index (χ0v) is 29.9. The van der Waals surface area contributed by atoms with E-state index in [9.17, 15) is 28.7 Å². The van der Waals surface area contributed by atoms with E-state index in [0.29, 0.717) is 11.3 Å². The number of nitrogens with one attached hydrogen (secondary N) is 1. The van der Waals surface area contributed by atoms with Crippen molar-refractivity contribution in [3.8, 4) is 17.2 Å². The smallest absolute Gasteiger partial charge is 0.258 e. The average Bonchev–Trinajstić information content (AvgIpc) is 3.50. The van der Waals surface area contributed by atoms with Crippen molar-refractivity contribution in [3.05, 3.63) is 114 Å². The minimum absolute atomic E-state index is 0.0533. The number of rotatable bonds is 7. The highest BCUT2D eigenvalue weighted by Gasteiger charge is 2.77. The molecule has 10 nitrogen and oxygen atoms in total. The van der Waals surface area contributed by atoms with Gasteiger partial charge in [0.25, 0.3) is 11.8 Å². The Labute approximate surface area is 313 Å². The van der Waals surface area contributed by atoms with Gasteiger partial charge in [-0.25, -0.2) is 9.29 Å². The molecule has 0 bridgehead atoms. The number of aromatic hydroxyl groups is 1. The van der Waals surface area contributed by atoms with Crippen LogP contribution < -0.4 is 24.6 Å². The molecule has 2 saturated heterocycles. The fraction of sp³-hybridized carbons (Fsp3) is 0.250. The molecule has 4 aromatic carbocycles. The van der Waals surface area contributed by atoms with Crippen LogP contribution in [0.2, 0.25) is 0 Å². The minimum Gasteiger partial charge on any atom is -0.508 e. The molecule has 53 heavy (non-hydrogen) atoms. The molecule has 2 N–H and O–H groups in total. The van der Waals surface area contributed by atoms with Gasteiger partial charge in [-0.3, -0.25) is 24.1 Å². The van der Waals surface area contributed by atoms with Crippen LogP contribution in [-0.2, 0) is 19.2 Å². The van der Waals surface area contributed by atoms with Gasteiger partial charge < -0.3 is 19.9 Å². The third-order valence-electron chi connectivity index (χ3n) is 10.9. The lowest BCUT2D eigenvalue weighted by Gasteiger charge is -2.51. The van der Waals surface area contributed by atoms with Crippen LogP contribution >= 0.6 is 23.2 Å². The van der Waals surface area contributed by atoms with E-state index in [1.165, 1.54) is 43.4 Å². The van der Waals surface area contributed by atoms with Crippen molar-refractivity contribution >= 4 is 69.6 Å². The number of methoxy groups -OCH3 is 2. The minimum atomic E-state index is -2.22. The molecule has 0 spiro atoms. The number of ether oxygens (including phenoxy) is 2. The summed E-state index contributed by atoms with van der Waals surface area (Å²) in [5.74, 6) is -7.02. The summed E-state index contributed by atoms with van der Waals surface area (Å²) in [6, 6.07) is 23.9. The Kier molecular flexibility index (Phi) is 8.27. The summed E-state index contributed by atoms with van der Waals surface area (Å²) in [4.78, 5) is 55.6. The second kappa shape index (κ2) is 12.6. The van der Waals surface area contributed by atoms with E-state index in [2.05, 4.69) is 5.32 Å². The fourth-order valence-electron chi connectivity index (χ4n) is 8.56. The number of imide groups is 2. The highest BCUT2D eigenvalue weighted by atomic mass is 35.5. The van der Waals surface area contributed by atoms with E-state index >= 15 is 0 Å². The quantitative estimate of drug-likeness (QED) is 0.117. The summed E-state index contributed by atoms with van der Waals surface area (Å²) in [6.45, 7) is 0. The molecule has 2 aliphatic heterocycles. The number of benzene rings is 4. The first-order valence-electron chi connectivity index (χ1n) is 16.9. The van der Waals surface area contributed by atoms with E-state index in [-0.39, 0.29) is 41.3 Å². The first-order chi connectivity index (χ1) is 25.4. The van der Waals surface area contributed by atoms with Crippen LogP contribution in [0.1, 0.15) is 24.3 Å². The molecule has 3 fully saturated rings. The highest BCUT2D eigenvalue weighted by molar-refractivity contribution is 6.58. The van der Waals surface area contributed by atoms with E-state index in [4.69, 9.17) is 32.7 Å². The number of fused-ring (bicyclic) bond motifs is 4. The largest absolute Gasteiger partial charge is 0.508 e. The molecule has 2 aliphatic carbocycles. The second-order valence-electron chi connectivity index (χ2n) is 13.6. The van der Waals surface area contributed by atoms with Gasteiger partial charge in [0.1, 0.15) is 23.1 Å². The second-order valence-corrected chi connectivity index (χ2v) is 14.8. The molecule has 13 heteroatoms. The Hall–Kier alpha value is -5.39. The summed E-state index contributed by atoms with van der Waals surface area (Å²) in [5, 5.41) is 13.8. The predicted molar refractivity (Wildman–Crippen MR) is 196 cm³/mol. The number of allylic oxidation sites excluding steroid dienone is 2. The summed E-state index contributed by atoms with van der Waals surface area (Å²) in [6.07, 6.45) is 1.67. The van der Waals surface area contributed by atoms with Gasteiger partial charge in [0.15, 0.2) is 9.75 Å². The topological polar surface area (TPSA) is 125 Å². The van der Waals surface area contributed by atoms with Crippen LogP contribution in [0.15, 0.2) is 103 Å². The lowest BCUT2D eigenvalue weighted by molar-refractivity contribution is -0.125. The van der Waals surface area contributed by atoms with Crippen LogP contribution in [0.3, 0.4) is 0 Å². The van der Waals surface area contributed by atoms with Gasteiger partial charge in [0.05, 0.1) is 37.4 Å². The van der Waals surface area contributed by atoms with Crippen molar-refractivity contribution in [1.29, 1.82) is 0 Å². The molecular weight excluding hydrogens is 724 g/mol. The van der Waals surface area contributed by atoms with Crippen LogP contribution in [0.5, 0.6) is 17.2 Å². The van der Waals surface area contributed by atoms with Crippen LogP contribution in [0.25, 0.3) is 0 Å². The Morgan fingerprint density at radius 2 is 1.36 bits per heavy atom. The number of halogens is 3. The number of nitrogens with zero attached hydrogens (tertiary/aromatic N) is 2. The van der Waals surface area contributed by atoms with Crippen molar-refractivity contribution in [2.75, 3.05) is 29.3 Å². The summed E-state index contributed by atoms with van der Waals surface area (Å²) < 4.78 is 25.4. The van der Waals surface area contributed by atoms with Gasteiger partial charge in [-0.15, -0.1) is 23.2 Å². The molecular formula is C40H32Cl2FN3O7. The Morgan fingerprint density at radius 1 is 0.774 bits per heavy atom. The van der Waals surface area contributed by atoms with Crippen molar-refractivity contribution in [3.63, 3.8) is 0 Å². The molecule has 4 amide bonds. The third-order valence-corrected chi connectivity index (χ3v) is 12.3. The number of anilines is 4. The van der Waals surface area contributed by atoms with E-state index < -0.39 is 62.9 Å². The van der Waals surface area contributed by atoms with Gasteiger partial charge in [0, 0.05) is 35.0 Å². The molecule has 0 radical (unpaired) electrons. The van der Waals surface area contributed by atoms with Crippen molar-refractivity contribution in [2.24, 2.45) is 17.8 Å². The Morgan fingerprint density at radius 3 is 1.98 bits per heavy atom. The number of amides is 4. The van der Waals surface area contributed by atoms with E-state index in [1.807, 2.05) is 30.3 Å². The number of carbonyl (C=O) groups is 4. The standard InChI is InChI=1S/C40H32Cl2FN3O7/c1-52-30-18-26(47)19-31(53-2)33(30)34-27-16-17-28-32(36(49)45(35(28)48)24-14-10-23(11-15-24)44-22-6-4-3-5-7-22)29(27)20-39(41)37(50)46(38(51)40(34,39)42)25-12-8-21(43)9-13-25/h3-16,18-19,28-29,32,34,44,47H,17,20H2,1-2H3. The maximum absolute atomic E-state index is 14.7. The molecule has 0 aromatic heterocycles. The first kappa shape index (κ1) is 34.7. The third kappa shape index (κ3) is 5.04. The van der Waals surface area contributed by atoms with E-state index in [0.717, 1.165) is 28.4 Å². The number of carbonyl (C=O) groups excluding carboxylic acids is 4. The lowest BCUT2D eigenvalue weighted by atomic mass is 9.56. The number of para-hydroxylation sites is 1. The molecule has 4 aliphatic rings. The van der Waals surface area contributed by atoms with Gasteiger partial charge in [-0.05, 0) is 79.4 Å². The van der Waals surface area contributed by atoms with Crippen LogP contribution in [0.4, 0.5) is 27.1 Å². The fourth-order valence-corrected chi connectivity index (χ4v) is 9.48. The summed E-state index contributed by atoms with van der Waals surface area (Å²) >= 11 is 15.0. The Balaban J connectivity index is 1.24. The summed E-state index contributed by atoms with van der Waals surface area (Å²) in [5.41, 5.74) is 2.79. The Bertz CT molecular complexity index is 2190. The van der Waals surface area contributed by atoms with Crippen molar-refractivity contribution in [2.45, 2.75) is 28.5 Å². The monoisotopic (exact) mass is 755 g/mol. The van der Waals surface area contributed by atoms with E-state index in [1.54, 1.807) is 30.3 Å². The molecule has 6 unspecified atom stereocenters. The van der Waals surface area contributed by atoms with Crippen LogP contribution in [0, 0.1) is 23.6 Å². The van der Waals surface area contributed by atoms with Crippen LogP contribution in [-0.4, -0.2) is 52.7 Å². The lowest BCUT2D eigenvalue weighted by Crippen LogP contribution is -2.60. The molecule has 2 heterocycles. The van der Waals surface area contributed by atoms with Gasteiger partial charge in [-0.1, -0.05) is 29.8 Å². The molecule has 6 atom stereocenters. The maximum atomic E-state index is 14.7. The average molecular weight is 757 g/mol. The first-order valence-corrected chi connectivity index (χ1v) is 17.7. The van der Waals surface area contributed by atoms with Crippen molar-refractivity contribution in [1.82, 2.24) is 0 Å². The predicted octanol–water partition coefficient (Wildman–Crippen LogP) is 7.06.